The molecule has 0 saturated heterocycles. The molecule has 0 aliphatic carbocycles. The Balaban J connectivity index is 1.99. The maximum Gasteiger partial charge on any atom is 0.212 e. The monoisotopic (exact) mass is 326 g/mol. The first-order chi connectivity index (χ1) is 11.6. The number of nitrogens with zero attached hydrogens (tertiary/aromatic N) is 2. The molecule has 5 nitrogen and oxygen atoms in total. The quantitative estimate of drug-likeness (QED) is 0.633. The third-order valence-electron chi connectivity index (χ3n) is 3.72. The summed E-state index contributed by atoms with van der Waals surface area (Å²) >= 11 is 0. The molecule has 0 fully saturated rings. The lowest BCUT2D eigenvalue weighted by molar-refractivity contribution is 0.397. The van der Waals surface area contributed by atoms with Crippen LogP contribution in [0.25, 0.3) is 0 Å². The third-order valence-corrected chi connectivity index (χ3v) is 3.72. The van der Waals surface area contributed by atoms with Gasteiger partial charge < -0.3 is 15.4 Å². The maximum atomic E-state index is 5.07. The van der Waals surface area contributed by atoms with Crippen molar-refractivity contribution in [3.05, 3.63) is 58.8 Å². The van der Waals surface area contributed by atoms with E-state index in [4.69, 9.17) is 4.74 Å². The normalized spacial score (nSPS) is 11.2. The number of hydrogen-bond donors (Lipinski definition) is 2. The van der Waals surface area contributed by atoms with Crippen molar-refractivity contribution in [2.45, 2.75) is 33.9 Å². The fraction of sp³-hybridized carbons (Fsp3) is 0.368. The summed E-state index contributed by atoms with van der Waals surface area (Å²) in [5.41, 5.74) is 4.89. The number of pyridine rings is 1. The van der Waals surface area contributed by atoms with E-state index in [1.54, 1.807) is 13.3 Å². The third kappa shape index (κ3) is 5.26. The van der Waals surface area contributed by atoms with E-state index in [9.17, 15) is 0 Å². The molecule has 1 aromatic heterocycles. The van der Waals surface area contributed by atoms with Gasteiger partial charge in [-0.3, -0.25) is 0 Å². The van der Waals surface area contributed by atoms with Crippen molar-refractivity contribution in [1.29, 1.82) is 0 Å². The molecule has 1 heterocycles. The van der Waals surface area contributed by atoms with Gasteiger partial charge in [-0.25, -0.2) is 9.98 Å². The fourth-order valence-corrected chi connectivity index (χ4v) is 2.36. The Morgan fingerprint density at radius 3 is 2.62 bits per heavy atom. The van der Waals surface area contributed by atoms with Gasteiger partial charge in [-0.15, -0.1) is 0 Å². The van der Waals surface area contributed by atoms with Crippen molar-refractivity contribution in [3.63, 3.8) is 0 Å². The largest absolute Gasteiger partial charge is 0.481 e. The first-order valence-corrected chi connectivity index (χ1v) is 8.19. The molecular formula is C19H26N4O. The highest BCUT2D eigenvalue weighted by molar-refractivity contribution is 5.79. The van der Waals surface area contributed by atoms with E-state index < -0.39 is 0 Å². The fourth-order valence-electron chi connectivity index (χ4n) is 2.36. The topological polar surface area (TPSA) is 58.5 Å². The van der Waals surface area contributed by atoms with E-state index in [2.05, 4.69) is 59.6 Å². The number of nitrogens with one attached hydrogen (secondary N) is 2. The second-order valence-electron chi connectivity index (χ2n) is 5.69. The summed E-state index contributed by atoms with van der Waals surface area (Å²) in [6, 6.07) is 10.3. The molecule has 0 unspecified atom stereocenters. The smallest absolute Gasteiger partial charge is 0.212 e. The predicted octanol–water partition coefficient (Wildman–Crippen LogP) is 2.96. The first-order valence-electron chi connectivity index (χ1n) is 8.19. The summed E-state index contributed by atoms with van der Waals surface area (Å²) in [4.78, 5) is 8.82. The Hall–Kier alpha value is -2.56. The van der Waals surface area contributed by atoms with Gasteiger partial charge in [0, 0.05) is 25.4 Å². The average Bonchev–Trinajstić information content (AvgIpc) is 2.59. The van der Waals surface area contributed by atoms with Crippen LogP contribution in [0.5, 0.6) is 5.88 Å². The van der Waals surface area contributed by atoms with Crippen LogP contribution in [0.3, 0.4) is 0 Å². The number of hydrogen-bond acceptors (Lipinski definition) is 3. The molecule has 0 amide bonds. The van der Waals surface area contributed by atoms with Crippen LogP contribution in [0.4, 0.5) is 0 Å². The van der Waals surface area contributed by atoms with Gasteiger partial charge in [0.1, 0.15) is 0 Å². The Bertz CT molecular complexity index is 680. The average molecular weight is 326 g/mol. The van der Waals surface area contributed by atoms with E-state index in [-0.39, 0.29) is 0 Å². The van der Waals surface area contributed by atoms with E-state index in [1.165, 1.54) is 16.7 Å². The SMILES string of the molecule is CCNC(=NCc1ccc(OC)nc1)NCc1ccc(C)cc1C. The zero-order valence-corrected chi connectivity index (χ0v) is 14.9. The summed E-state index contributed by atoms with van der Waals surface area (Å²) in [7, 11) is 1.61. The highest BCUT2D eigenvalue weighted by Crippen LogP contribution is 2.10. The van der Waals surface area contributed by atoms with Crippen LogP contribution in [0.15, 0.2) is 41.5 Å². The molecule has 24 heavy (non-hydrogen) atoms. The van der Waals surface area contributed by atoms with Gasteiger partial charge in [-0.05, 0) is 37.5 Å². The molecule has 0 aliphatic rings. The Labute approximate surface area is 144 Å². The minimum atomic E-state index is 0.569. The van der Waals surface area contributed by atoms with E-state index >= 15 is 0 Å². The molecule has 0 saturated carbocycles. The number of benzene rings is 1. The molecule has 0 atom stereocenters. The lowest BCUT2D eigenvalue weighted by atomic mass is 10.1. The van der Waals surface area contributed by atoms with Crippen molar-refractivity contribution in [2.24, 2.45) is 4.99 Å². The minimum Gasteiger partial charge on any atom is -0.481 e. The zero-order chi connectivity index (χ0) is 17.4. The molecule has 1 aromatic carbocycles. The second kappa shape index (κ2) is 8.91. The van der Waals surface area contributed by atoms with E-state index in [0.29, 0.717) is 12.4 Å². The maximum absolute atomic E-state index is 5.07. The van der Waals surface area contributed by atoms with Crippen LogP contribution in [0.2, 0.25) is 0 Å². The van der Waals surface area contributed by atoms with Crippen molar-refractivity contribution < 1.29 is 4.74 Å². The van der Waals surface area contributed by atoms with E-state index in [0.717, 1.165) is 24.6 Å². The molecule has 0 aliphatic heterocycles. The summed E-state index contributed by atoms with van der Waals surface area (Å²) in [6.07, 6.45) is 1.79. The number of aromatic nitrogens is 1. The minimum absolute atomic E-state index is 0.569. The predicted molar refractivity (Wildman–Crippen MR) is 98.4 cm³/mol. The van der Waals surface area contributed by atoms with Crippen LogP contribution < -0.4 is 15.4 Å². The van der Waals surface area contributed by atoms with Gasteiger partial charge in [0.2, 0.25) is 5.88 Å². The molecule has 0 radical (unpaired) electrons. The molecule has 2 aromatic rings. The van der Waals surface area contributed by atoms with Gasteiger partial charge in [0.25, 0.3) is 0 Å². The molecule has 2 N–H and O–H groups in total. The van der Waals surface area contributed by atoms with Crippen LogP contribution in [0, 0.1) is 13.8 Å². The lowest BCUT2D eigenvalue weighted by Gasteiger charge is -2.13. The highest BCUT2D eigenvalue weighted by Gasteiger charge is 2.02. The van der Waals surface area contributed by atoms with Crippen molar-refractivity contribution in [2.75, 3.05) is 13.7 Å². The number of guanidine groups is 1. The van der Waals surface area contributed by atoms with Crippen LogP contribution >= 0.6 is 0 Å². The molecule has 2 rings (SSSR count). The van der Waals surface area contributed by atoms with Gasteiger partial charge in [0.05, 0.1) is 13.7 Å². The van der Waals surface area contributed by atoms with Gasteiger partial charge in [-0.1, -0.05) is 29.8 Å². The molecule has 5 heteroatoms. The number of ether oxygens (including phenoxy) is 1. The Kier molecular flexibility index (Phi) is 6.61. The molecular weight excluding hydrogens is 300 g/mol. The number of rotatable bonds is 6. The standard InChI is InChI=1S/C19H26N4O/c1-5-20-19(22-12-16-7-9-18(24-4)21-11-16)23-13-17-8-6-14(2)10-15(17)3/h6-11H,5,12-13H2,1-4H3,(H2,20,22,23). The number of aliphatic imine (C=N–C) groups is 1. The van der Waals surface area contributed by atoms with E-state index in [1.807, 2.05) is 12.1 Å². The van der Waals surface area contributed by atoms with Crippen LogP contribution in [-0.4, -0.2) is 24.6 Å². The van der Waals surface area contributed by atoms with Crippen molar-refractivity contribution in [1.82, 2.24) is 15.6 Å². The number of methoxy groups -OCH3 is 1. The van der Waals surface area contributed by atoms with Crippen LogP contribution in [-0.2, 0) is 13.1 Å². The first kappa shape index (κ1) is 17.8. The molecule has 0 spiro atoms. The van der Waals surface area contributed by atoms with Crippen molar-refractivity contribution >= 4 is 5.96 Å². The van der Waals surface area contributed by atoms with Gasteiger partial charge in [-0.2, -0.15) is 0 Å². The highest BCUT2D eigenvalue weighted by atomic mass is 16.5. The summed E-state index contributed by atoms with van der Waals surface area (Å²) in [5.74, 6) is 1.41. The molecule has 0 bridgehead atoms. The zero-order valence-electron chi connectivity index (χ0n) is 14.9. The summed E-state index contributed by atoms with van der Waals surface area (Å²) in [5, 5.41) is 6.65. The lowest BCUT2D eigenvalue weighted by Crippen LogP contribution is -2.36. The Morgan fingerprint density at radius 2 is 2.00 bits per heavy atom. The number of aryl methyl sites for hydroxylation is 2. The summed E-state index contributed by atoms with van der Waals surface area (Å²) in [6.45, 7) is 8.44. The Morgan fingerprint density at radius 1 is 1.17 bits per heavy atom. The second-order valence-corrected chi connectivity index (χ2v) is 5.69. The van der Waals surface area contributed by atoms with Crippen molar-refractivity contribution in [3.8, 4) is 5.88 Å². The van der Waals surface area contributed by atoms with Crippen LogP contribution in [0.1, 0.15) is 29.2 Å². The van der Waals surface area contributed by atoms with Gasteiger partial charge >= 0.3 is 0 Å². The van der Waals surface area contributed by atoms with Gasteiger partial charge in [0.15, 0.2) is 5.96 Å². The molecule has 128 valence electrons. The summed E-state index contributed by atoms with van der Waals surface area (Å²) < 4.78 is 5.07.